The molecule has 4 nitrogen and oxygen atoms in total. The summed E-state index contributed by atoms with van der Waals surface area (Å²) in [6.45, 7) is 3.94. The number of hydrazone groups is 2. The lowest BCUT2D eigenvalue weighted by Crippen LogP contribution is -2.23. The Balaban J connectivity index is 2.00. The van der Waals surface area contributed by atoms with Gasteiger partial charge in [0.2, 0.25) is 0 Å². The zero-order chi connectivity index (χ0) is 19.8. The average molecular weight is 397 g/mol. The molecule has 0 heterocycles. The molecule has 0 aliphatic carbocycles. The highest BCUT2D eigenvalue weighted by Gasteiger charge is 2.08. The molecule has 0 saturated carbocycles. The fourth-order valence-electron chi connectivity index (χ4n) is 2.58. The lowest BCUT2D eigenvalue weighted by atomic mass is 10.2. The van der Waals surface area contributed by atoms with E-state index in [0.29, 0.717) is 16.4 Å². The summed E-state index contributed by atoms with van der Waals surface area (Å²) in [6.07, 6.45) is 0.642. The molecule has 6 heteroatoms. The first-order chi connectivity index (χ1) is 12.9. The molecule has 0 saturated heterocycles. The van der Waals surface area contributed by atoms with E-state index in [2.05, 4.69) is 10.2 Å². The van der Waals surface area contributed by atoms with Crippen molar-refractivity contribution in [3.05, 3.63) is 71.8 Å². The molecular weight excluding hydrogens is 372 g/mol. The fourth-order valence-corrected chi connectivity index (χ4v) is 2.93. The first-order valence-electron chi connectivity index (χ1n) is 8.63. The number of hydrogen-bond donors (Lipinski definition) is 0. The largest absolute Gasteiger partial charge is 0.257 e. The van der Waals surface area contributed by atoms with E-state index in [1.54, 1.807) is 10.0 Å². The Morgan fingerprint density at radius 2 is 1.04 bits per heavy atom. The highest BCUT2D eigenvalue weighted by molar-refractivity contribution is 7.80. The predicted octanol–water partition coefficient (Wildman–Crippen LogP) is 4.74. The Hall–Kier alpha value is -2.44. The summed E-state index contributed by atoms with van der Waals surface area (Å²) in [6, 6.07) is 19.7. The summed E-state index contributed by atoms with van der Waals surface area (Å²) in [4.78, 5) is 1.37. The smallest absolute Gasteiger partial charge is 0.129 e. The summed E-state index contributed by atoms with van der Waals surface area (Å²) >= 11 is 11.0. The molecule has 2 aromatic carbocycles. The topological polar surface area (TPSA) is 31.2 Å². The number of nitrogens with zero attached hydrogens (tertiary/aromatic N) is 4. The molecule has 0 aliphatic heterocycles. The van der Waals surface area contributed by atoms with Crippen LogP contribution in [0.3, 0.4) is 0 Å². The van der Waals surface area contributed by atoms with Crippen LogP contribution in [0.4, 0.5) is 0 Å². The zero-order valence-electron chi connectivity index (χ0n) is 16.1. The van der Waals surface area contributed by atoms with Gasteiger partial charge < -0.3 is 0 Å². The minimum Gasteiger partial charge on any atom is -0.257 e. The molecule has 0 aromatic heterocycles. The lowest BCUT2D eigenvalue weighted by molar-refractivity contribution is 0.549. The fraction of sp³-hybridized carbons (Fsp3) is 0.238. The molecule has 0 atom stereocenters. The molecule has 0 radical (unpaired) electrons. The van der Waals surface area contributed by atoms with Crippen molar-refractivity contribution in [1.82, 2.24) is 10.0 Å². The van der Waals surface area contributed by atoms with Gasteiger partial charge in [0.15, 0.2) is 0 Å². The molecule has 0 bridgehead atoms. The molecule has 140 valence electrons. The summed E-state index contributed by atoms with van der Waals surface area (Å²) in [5.74, 6) is 0. The molecular formula is C21H24N4S2. The summed E-state index contributed by atoms with van der Waals surface area (Å²) < 4.78 is 0. The van der Waals surface area contributed by atoms with Crippen molar-refractivity contribution in [2.45, 2.75) is 20.3 Å². The van der Waals surface area contributed by atoms with Gasteiger partial charge in [-0.25, -0.2) is 0 Å². The van der Waals surface area contributed by atoms with Crippen LogP contribution >= 0.6 is 24.4 Å². The van der Waals surface area contributed by atoms with Crippen molar-refractivity contribution < 1.29 is 0 Å². The summed E-state index contributed by atoms with van der Waals surface area (Å²) in [7, 11) is 3.73. The number of hydrogen-bond acceptors (Lipinski definition) is 4. The van der Waals surface area contributed by atoms with E-state index in [0.717, 1.165) is 22.6 Å². The number of thiocarbonyl (C=S) groups is 2. The van der Waals surface area contributed by atoms with Crippen molar-refractivity contribution in [2.75, 3.05) is 14.1 Å². The summed E-state index contributed by atoms with van der Waals surface area (Å²) in [5, 5.41) is 12.6. The Kier molecular flexibility index (Phi) is 7.76. The lowest BCUT2D eigenvalue weighted by Gasteiger charge is -2.17. The van der Waals surface area contributed by atoms with E-state index in [-0.39, 0.29) is 0 Å². The Labute approximate surface area is 172 Å². The van der Waals surface area contributed by atoms with Crippen molar-refractivity contribution in [1.29, 1.82) is 0 Å². The normalized spacial score (nSPS) is 11.9. The highest BCUT2D eigenvalue weighted by atomic mass is 32.1. The second-order valence-corrected chi connectivity index (χ2v) is 7.01. The molecule has 0 N–H and O–H groups in total. The van der Waals surface area contributed by atoms with E-state index in [4.69, 9.17) is 24.4 Å². The Morgan fingerprint density at radius 1 is 0.704 bits per heavy atom. The molecule has 0 fully saturated rings. The Morgan fingerprint density at radius 3 is 1.37 bits per heavy atom. The van der Waals surface area contributed by atoms with E-state index < -0.39 is 0 Å². The molecule has 0 aliphatic rings. The Bertz CT molecular complexity index is 774. The van der Waals surface area contributed by atoms with Crippen LogP contribution in [0.25, 0.3) is 0 Å². The van der Waals surface area contributed by atoms with Crippen molar-refractivity contribution in [3.8, 4) is 0 Å². The van der Waals surface area contributed by atoms with E-state index in [9.17, 15) is 0 Å². The van der Waals surface area contributed by atoms with Crippen molar-refractivity contribution in [3.63, 3.8) is 0 Å². The van der Waals surface area contributed by atoms with Gasteiger partial charge in [-0.15, -0.1) is 0 Å². The zero-order valence-corrected chi connectivity index (χ0v) is 17.7. The van der Waals surface area contributed by atoms with Crippen LogP contribution in [0.1, 0.15) is 31.4 Å². The number of benzene rings is 2. The molecule has 0 unspecified atom stereocenters. The molecule has 27 heavy (non-hydrogen) atoms. The second-order valence-electron chi connectivity index (χ2n) is 6.24. The molecule has 2 rings (SSSR count). The van der Waals surface area contributed by atoms with Crippen LogP contribution in [0.2, 0.25) is 0 Å². The minimum atomic E-state index is 0.642. The van der Waals surface area contributed by atoms with Crippen molar-refractivity contribution in [2.24, 2.45) is 10.2 Å². The third kappa shape index (κ3) is 6.34. The minimum absolute atomic E-state index is 0.642. The summed E-state index contributed by atoms with van der Waals surface area (Å²) in [5.41, 5.74) is 3.81. The van der Waals surface area contributed by atoms with Crippen LogP contribution < -0.4 is 0 Å². The van der Waals surface area contributed by atoms with Crippen LogP contribution in [0.5, 0.6) is 0 Å². The van der Waals surface area contributed by atoms with Gasteiger partial charge >= 0.3 is 0 Å². The van der Waals surface area contributed by atoms with Crippen LogP contribution in [-0.4, -0.2) is 45.5 Å². The first kappa shape index (κ1) is 20.9. The van der Waals surface area contributed by atoms with Gasteiger partial charge in [0.25, 0.3) is 0 Å². The van der Waals surface area contributed by atoms with Gasteiger partial charge in [0.1, 0.15) is 9.98 Å². The van der Waals surface area contributed by atoms with Gasteiger partial charge in [-0.05, 0) is 13.8 Å². The van der Waals surface area contributed by atoms with Gasteiger partial charge in [-0.1, -0.05) is 85.1 Å². The number of rotatable bonds is 6. The maximum atomic E-state index is 5.50. The maximum absolute atomic E-state index is 5.50. The quantitative estimate of drug-likeness (QED) is 0.401. The van der Waals surface area contributed by atoms with Crippen LogP contribution in [-0.2, 0) is 0 Å². The van der Waals surface area contributed by atoms with Crippen LogP contribution in [0.15, 0.2) is 70.9 Å². The average Bonchev–Trinajstić information content (AvgIpc) is 2.67. The predicted molar refractivity (Wildman–Crippen MR) is 123 cm³/mol. The SMILES string of the molecule is C/C(C/C(C)=N/N(C)C(=S)c1ccccc1)=N\N(C)C(=S)c1ccccc1. The van der Waals surface area contributed by atoms with Gasteiger partial charge in [0, 0.05) is 43.1 Å². The first-order valence-corrected chi connectivity index (χ1v) is 9.44. The van der Waals surface area contributed by atoms with E-state index in [1.807, 2.05) is 88.6 Å². The van der Waals surface area contributed by atoms with Gasteiger partial charge in [-0.2, -0.15) is 10.2 Å². The van der Waals surface area contributed by atoms with Gasteiger partial charge in [-0.3, -0.25) is 10.0 Å². The molecule has 0 spiro atoms. The molecule has 0 amide bonds. The third-order valence-corrected chi connectivity index (χ3v) is 4.78. The third-order valence-electron chi connectivity index (χ3n) is 3.78. The monoisotopic (exact) mass is 396 g/mol. The van der Waals surface area contributed by atoms with E-state index in [1.165, 1.54) is 0 Å². The van der Waals surface area contributed by atoms with Gasteiger partial charge in [0.05, 0.1) is 0 Å². The standard InChI is InChI=1S/C21H24N4S2/c1-16(22-24(3)20(26)18-11-7-5-8-12-18)15-17(2)23-25(4)21(27)19-13-9-6-10-14-19/h5-14H,15H2,1-4H3/b22-16+,23-17+. The van der Waals surface area contributed by atoms with Crippen LogP contribution in [0, 0.1) is 0 Å². The maximum Gasteiger partial charge on any atom is 0.129 e. The van der Waals surface area contributed by atoms with Crippen molar-refractivity contribution >= 4 is 45.8 Å². The highest BCUT2D eigenvalue weighted by Crippen LogP contribution is 2.08. The molecule has 2 aromatic rings. The van der Waals surface area contributed by atoms with E-state index >= 15 is 0 Å². The second kappa shape index (κ2) is 10.0.